The molecule has 4 rings (SSSR count). The summed E-state index contributed by atoms with van der Waals surface area (Å²) in [4.78, 5) is 79.2. The van der Waals surface area contributed by atoms with Crippen molar-refractivity contribution in [2.45, 2.75) is 50.0 Å². The number of nitrogens with zero attached hydrogens (tertiary/aromatic N) is 3. The molecule has 2 fully saturated rings. The largest absolute Gasteiger partial charge is 0.527 e. The number of nitrogens with one attached hydrogen (secondary N) is 1. The number of rotatable bonds is 23. The van der Waals surface area contributed by atoms with Gasteiger partial charge in [-0.2, -0.15) is 4.98 Å². The normalized spacial score (nSPS) is 26.3. The van der Waals surface area contributed by atoms with E-state index in [1.54, 1.807) is 0 Å². The van der Waals surface area contributed by atoms with Crippen molar-refractivity contribution in [3.63, 3.8) is 0 Å². The first-order chi connectivity index (χ1) is 27.1. The third-order valence-electron chi connectivity index (χ3n) is 7.66. The fraction of sp³-hybridized carbons (Fsp3) is 0.600. The Hall–Kier alpha value is -3.35. The number of ether oxygens (including phenoxy) is 2. The summed E-state index contributed by atoms with van der Waals surface area (Å²) in [5.74, 6) is -6.53. The average Bonchev–Trinajstić information content (AvgIpc) is 3.63. The Kier molecular flexibility index (Phi) is 16.5. The molecule has 4 heterocycles. The van der Waals surface area contributed by atoms with Crippen molar-refractivity contribution in [2.24, 2.45) is 5.92 Å². The van der Waals surface area contributed by atoms with E-state index < -0.39 is 116 Å². The van der Waals surface area contributed by atoms with Crippen molar-refractivity contribution in [1.82, 2.24) is 19.1 Å². The van der Waals surface area contributed by atoms with Gasteiger partial charge in [-0.05, 0) is 18.0 Å². The Balaban J connectivity index is 1.12. The molecular weight excluding hydrogens is 869 g/mol. The molecular formula is C25H36F2N5O23P3. The molecule has 0 amide bonds. The molecule has 58 heavy (non-hydrogen) atoms. The van der Waals surface area contributed by atoms with Gasteiger partial charge < -0.3 is 39.5 Å². The van der Waals surface area contributed by atoms with Crippen molar-refractivity contribution >= 4 is 29.3 Å². The lowest BCUT2D eigenvalue weighted by molar-refractivity contribution is -0.700. The number of aromatic nitrogens is 4. The summed E-state index contributed by atoms with van der Waals surface area (Å²) in [5, 5.41) is 22.2. The summed E-state index contributed by atoms with van der Waals surface area (Å²) in [5.41, 5.74) is 2.95. The zero-order valence-electron chi connectivity index (χ0n) is 29.7. The zero-order chi connectivity index (χ0) is 42.9. The number of nitrogens with two attached hydrogens (primary N) is 1. The Morgan fingerprint density at radius 2 is 1.64 bits per heavy atom. The summed E-state index contributed by atoms with van der Waals surface area (Å²) in [6.07, 6.45) is -4.68. The molecule has 0 aliphatic carbocycles. The minimum Gasteiger partial charge on any atom is -0.409 e. The molecule has 7 unspecified atom stereocenters. The number of halogens is 2. The summed E-state index contributed by atoms with van der Waals surface area (Å²) >= 11 is 0. The maximum Gasteiger partial charge on any atom is 0.527 e. The van der Waals surface area contributed by atoms with Gasteiger partial charge in [-0.15, -0.1) is 0 Å². The van der Waals surface area contributed by atoms with E-state index in [0.717, 1.165) is 23.9 Å². The Bertz CT molecular complexity index is 2050. The van der Waals surface area contributed by atoms with Gasteiger partial charge >= 0.3 is 34.8 Å². The SMILES string of the molecule is COP(=O)(O)OCC1OC(n2ccc(N)nc2=O)C(F)(F)C1COP(=O)(O)OCCOOOOO/C=C/OP(=O)(O)OC[C@H]1O[C@@H](n2cc(C)c(=O)[nH]c2=O)CC1O. The summed E-state index contributed by atoms with van der Waals surface area (Å²) in [6, 6.07) is 1.02. The average molecular weight is 905 g/mol. The van der Waals surface area contributed by atoms with E-state index in [9.17, 15) is 47.9 Å². The minimum absolute atomic E-state index is 0.109. The molecule has 7 N–H and O–H groups in total. The van der Waals surface area contributed by atoms with Gasteiger partial charge in [0, 0.05) is 41.6 Å². The van der Waals surface area contributed by atoms with Gasteiger partial charge in [-0.1, -0.05) is 0 Å². The van der Waals surface area contributed by atoms with Gasteiger partial charge in [-0.25, -0.2) is 37.0 Å². The highest BCUT2D eigenvalue weighted by Crippen LogP contribution is 2.52. The van der Waals surface area contributed by atoms with Crippen LogP contribution in [-0.4, -0.2) is 103 Å². The van der Waals surface area contributed by atoms with E-state index in [1.807, 2.05) is 0 Å². The molecule has 0 radical (unpaired) electrons. The summed E-state index contributed by atoms with van der Waals surface area (Å²) in [6.45, 7) is -3.02. The number of phosphoric ester groups is 3. The quantitative estimate of drug-likeness (QED) is 0.0275. The molecule has 2 aromatic rings. The van der Waals surface area contributed by atoms with Crippen LogP contribution in [0.15, 0.2) is 45.4 Å². The Morgan fingerprint density at radius 3 is 2.34 bits per heavy atom. The van der Waals surface area contributed by atoms with Gasteiger partial charge in [0.15, 0.2) is 6.26 Å². The molecule has 2 saturated heterocycles. The van der Waals surface area contributed by atoms with Crippen molar-refractivity contribution in [3.8, 4) is 0 Å². The van der Waals surface area contributed by atoms with Crippen molar-refractivity contribution < 1.29 is 104 Å². The van der Waals surface area contributed by atoms with Crippen LogP contribution in [-0.2, 0) is 75.2 Å². The van der Waals surface area contributed by atoms with Gasteiger partial charge in [-0.3, -0.25) is 46.4 Å². The molecule has 33 heteroatoms. The maximum atomic E-state index is 15.5. The smallest absolute Gasteiger partial charge is 0.409 e. The van der Waals surface area contributed by atoms with Gasteiger partial charge in [0.25, 0.3) is 11.5 Å². The van der Waals surface area contributed by atoms with Crippen LogP contribution in [0.5, 0.6) is 0 Å². The van der Waals surface area contributed by atoms with Gasteiger partial charge in [0.1, 0.15) is 31.0 Å². The number of hydrogen-bond acceptors (Lipinski definition) is 22. The Labute approximate surface area is 321 Å². The van der Waals surface area contributed by atoms with Crippen LogP contribution in [0.25, 0.3) is 0 Å². The van der Waals surface area contributed by atoms with Crippen molar-refractivity contribution in [3.05, 3.63) is 67.9 Å². The number of aliphatic hydroxyl groups is 1. The molecule has 0 aromatic carbocycles. The summed E-state index contributed by atoms with van der Waals surface area (Å²) < 4.78 is 107. The first-order valence-electron chi connectivity index (χ1n) is 15.9. The van der Waals surface area contributed by atoms with E-state index in [2.05, 4.69) is 57.5 Å². The number of anilines is 1. The fourth-order valence-corrected chi connectivity index (χ4v) is 6.66. The number of aliphatic hydroxyl groups excluding tert-OH is 1. The van der Waals surface area contributed by atoms with Crippen LogP contribution in [0.3, 0.4) is 0 Å². The monoisotopic (exact) mass is 905 g/mol. The molecule has 2 aromatic heterocycles. The Morgan fingerprint density at radius 1 is 0.948 bits per heavy atom. The van der Waals surface area contributed by atoms with Crippen LogP contribution in [0, 0.1) is 12.8 Å². The number of H-pyrrole nitrogens is 1. The maximum absolute atomic E-state index is 15.5. The first kappa shape index (κ1) is 47.3. The van der Waals surface area contributed by atoms with Crippen molar-refractivity contribution in [1.29, 1.82) is 0 Å². The van der Waals surface area contributed by atoms with Crippen LogP contribution < -0.4 is 22.7 Å². The highest BCUT2D eigenvalue weighted by molar-refractivity contribution is 7.47. The minimum atomic E-state index is -5.12. The molecule has 28 nitrogen and oxygen atoms in total. The van der Waals surface area contributed by atoms with E-state index >= 15 is 8.78 Å². The molecule has 0 bridgehead atoms. The highest BCUT2D eigenvalue weighted by atomic mass is 31.2. The number of aromatic amines is 1. The molecule has 2 aliphatic heterocycles. The lowest BCUT2D eigenvalue weighted by Crippen LogP contribution is -2.40. The lowest BCUT2D eigenvalue weighted by atomic mass is 9.98. The third kappa shape index (κ3) is 13.3. The van der Waals surface area contributed by atoms with Crippen LogP contribution >= 0.6 is 23.5 Å². The predicted molar refractivity (Wildman–Crippen MR) is 177 cm³/mol. The van der Waals surface area contributed by atoms with Crippen LogP contribution in [0.4, 0.5) is 14.6 Å². The van der Waals surface area contributed by atoms with Crippen LogP contribution in [0.1, 0.15) is 24.4 Å². The van der Waals surface area contributed by atoms with E-state index in [1.165, 1.54) is 13.1 Å². The van der Waals surface area contributed by atoms with E-state index in [-0.39, 0.29) is 17.8 Å². The molecule has 2 aliphatic rings. The summed E-state index contributed by atoms with van der Waals surface area (Å²) in [7, 11) is -13.8. The molecule has 0 spiro atoms. The molecule has 328 valence electrons. The highest BCUT2D eigenvalue weighted by Gasteiger charge is 2.61. The first-order valence-corrected chi connectivity index (χ1v) is 20.4. The van der Waals surface area contributed by atoms with Crippen LogP contribution in [0.2, 0.25) is 0 Å². The number of alkyl halides is 2. The second kappa shape index (κ2) is 20.3. The number of nitrogen functional groups attached to an aromatic ring is 1. The van der Waals surface area contributed by atoms with Gasteiger partial charge in [0.05, 0.1) is 44.6 Å². The number of aryl methyl sites for hydroxylation is 1. The second-order valence-electron chi connectivity index (χ2n) is 11.6. The van der Waals surface area contributed by atoms with Crippen molar-refractivity contribution in [2.75, 3.05) is 45.9 Å². The predicted octanol–water partition coefficient (Wildman–Crippen LogP) is -0.274. The number of hydrogen-bond donors (Lipinski definition) is 6. The third-order valence-corrected chi connectivity index (χ3v) is 10.4. The van der Waals surface area contributed by atoms with E-state index in [4.69, 9.17) is 19.7 Å². The topological polar surface area (TPSA) is 368 Å². The number of phosphoric acid groups is 3. The second-order valence-corrected chi connectivity index (χ2v) is 16.0. The van der Waals surface area contributed by atoms with E-state index in [0.29, 0.717) is 17.1 Å². The fourth-order valence-electron chi connectivity index (χ4n) is 4.89. The lowest BCUT2D eigenvalue weighted by Gasteiger charge is -2.25. The molecule has 0 saturated carbocycles. The molecule has 9 atom stereocenters. The zero-order valence-corrected chi connectivity index (χ0v) is 32.3. The van der Waals surface area contributed by atoms with Gasteiger partial charge in [0.2, 0.25) is 6.23 Å². The standard InChI is InChI=1S/C25H36F2N5O23P3/c1-14-10-32(24(36)30-21(14)34)20-9-16(33)18(51-20)13-50-58(41,42)47-8-6-45-54-55-53-44-5-7-46-57(39,40)48-11-15-17(12-49-56(37,38)43-2)52-22(25(15,26)27)31-4-3-19(28)29-23(31)35/h3-4,6,8,10,15-18,20,22,33H,5,7,9,11-13H2,1-2H3,(H,37,38)(H,39,40)(H,41,42)(H2,28,29,35)(H,30,34,36)/b8-6+/t15?,16?,17?,18-,20-,22?/m1/s1.